The molecule has 16 heavy (non-hydrogen) atoms. The second-order valence-electron chi connectivity index (χ2n) is 3.84. The fraction of sp³-hybridized carbons (Fsp3) is 0.500. The van der Waals surface area contributed by atoms with Gasteiger partial charge in [0.15, 0.2) is 6.29 Å². The Bertz CT molecular complexity index is 351. The molecule has 1 unspecified atom stereocenters. The minimum absolute atomic E-state index is 0.191. The standard InChI is InChI=1S/C12H14ClFO2/c13-10-5-4-9(11(14)7-10)8-16-12-3-1-2-6-15-12/h4-5,7,12H,1-3,6,8H2. The van der Waals surface area contributed by atoms with Gasteiger partial charge in [-0.05, 0) is 31.4 Å². The van der Waals surface area contributed by atoms with Crippen molar-refractivity contribution in [1.82, 2.24) is 0 Å². The molecule has 1 aromatic carbocycles. The third-order valence-electron chi connectivity index (χ3n) is 2.58. The van der Waals surface area contributed by atoms with Crippen molar-refractivity contribution in [1.29, 1.82) is 0 Å². The molecule has 1 heterocycles. The van der Waals surface area contributed by atoms with Crippen molar-refractivity contribution in [3.8, 4) is 0 Å². The van der Waals surface area contributed by atoms with Crippen LogP contribution in [0.5, 0.6) is 0 Å². The third kappa shape index (κ3) is 3.17. The largest absolute Gasteiger partial charge is 0.353 e. The second kappa shape index (κ2) is 5.62. The Labute approximate surface area is 99.3 Å². The first-order chi connectivity index (χ1) is 7.75. The van der Waals surface area contributed by atoms with Crippen LogP contribution in [0.15, 0.2) is 18.2 Å². The van der Waals surface area contributed by atoms with Crippen molar-refractivity contribution >= 4 is 11.6 Å². The Morgan fingerprint density at radius 2 is 2.31 bits per heavy atom. The van der Waals surface area contributed by atoms with Gasteiger partial charge in [-0.15, -0.1) is 0 Å². The molecule has 2 rings (SSSR count). The molecule has 0 aromatic heterocycles. The molecule has 2 nitrogen and oxygen atoms in total. The van der Waals surface area contributed by atoms with Crippen molar-refractivity contribution in [2.45, 2.75) is 32.2 Å². The molecule has 4 heteroatoms. The zero-order valence-electron chi connectivity index (χ0n) is 8.92. The smallest absolute Gasteiger partial charge is 0.158 e. The van der Waals surface area contributed by atoms with Crippen molar-refractivity contribution in [2.75, 3.05) is 6.61 Å². The van der Waals surface area contributed by atoms with Gasteiger partial charge < -0.3 is 9.47 Å². The normalized spacial score (nSPS) is 21.0. The average Bonchev–Trinajstić information content (AvgIpc) is 2.29. The van der Waals surface area contributed by atoms with Crippen molar-refractivity contribution in [3.63, 3.8) is 0 Å². The maximum absolute atomic E-state index is 13.4. The fourth-order valence-electron chi connectivity index (χ4n) is 1.66. The maximum Gasteiger partial charge on any atom is 0.158 e. The van der Waals surface area contributed by atoms with Crippen molar-refractivity contribution in [2.24, 2.45) is 0 Å². The SMILES string of the molecule is Fc1cc(Cl)ccc1COC1CCCCO1. The van der Waals surface area contributed by atoms with Gasteiger partial charge in [0.2, 0.25) is 0 Å². The maximum atomic E-state index is 13.4. The second-order valence-corrected chi connectivity index (χ2v) is 4.28. The number of halogens is 2. The molecule has 1 fully saturated rings. The highest BCUT2D eigenvalue weighted by Gasteiger charge is 2.14. The summed E-state index contributed by atoms with van der Waals surface area (Å²) in [7, 11) is 0. The Morgan fingerprint density at radius 1 is 1.44 bits per heavy atom. The minimum atomic E-state index is -0.330. The summed E-state index contributed by atoms with van der Waals surface area (Å²) >= 11 is 5.66. The number of ether oxygens (including phenoxy) is 2. The van der Waals surface area contributed by atoms with Crippen LogP contribution in [-0.4, -0.2) is 12.9 Å². The van der Waals surface area contributed by atoms with Crippen molar-refractivity contribution in [3.05, 3.63) is 34.6 Å². The molecule has 0 amide bonds. The molecule has 0 aliphatic carbocycles. The van der Waals surface area contributed by atoms with Crippen LogP contribution in [-0.2, 0) is 16.1 Å². The molecule has 1 saturated heterocycles. The quantitative estimate of drug-likeness (QED) is 0.810. The lowest BCUT2D eigenvalue weighted by Crippen LogP contribution is -2.22. The summed E-state index contributed by atoms with van der Waals surface area (Å²) in [5, 5.41) is 0.398. The van der Waals surface area contributed by atoms with E-state index in [0.717, 1.165) is 25.9 Å². The molecular weight excluding hydrogens is 231 g/mol. The van der Waals surface area contributed by atoms with E-state index in [0.29, 0.717) is 10.6 Å². The van der Waals surface area contributed by atoms with Gasteiger partial charge in [0, 0.05) is 17.2 Å². The summed E-state index contributed by atoms with van der Waals surface area (Å²) < 4.78 is 24.3. The van der Waals surface area contributed by atoms with Gasteiger partial charge in [-0.3, -0.25) is 0 Å². The van der Waals surface area contributed by atoms with E-state index in [4.69, 9.17) is 21.1 Å². The first-order valence-electron chi connectivity index (χ1n) is 5.43. The summed E-state index contributed by atoms with van der Waals surface area (Å²) in [5.41, 5.74) is 0.513. The highest BCUT2D eigenvalue weighted by Crippen LogP contribution is 2.18. The third-order valence-corrected chi connectivity index (χ3v) is 2.81. The molecule has 1 aromatic rings. The Hall–Kier alpha value is -0.640. The van der Waals surface area contributed by atoms with Crippen LogP contribution in [0.1, 0.15) is 24.8 Å². The summed E-state index contributed by atoms with van der Waals surface area (Å²) in [6.45, 7) is 0.960. The predicted molar refractivity (Wildman–Crippen MR) is 59.8 cm³/mol. The van der Waals surface area contributed by atoms with Gasteiger partial charge in [-0.25, -0.2) is 4.39 Å². The lowest BCUT2D eigenvalue weighted by Gasteiger charge is -2.22. The summed E-state index contributed by atoms with van der Waals surface area (Å²) in [5.74, 6) is -0.330. The van der Waals surface area contributed by atoms with Gasteiger partial charge in [-0.2, -0.15) is 0 Å². The number of benzene rings is 1. The van der Waals surface area contributed by atoms with Gasteiger partial charge in [0.1, 0.15) is 5.82 Å². The molecule has 1 atom stereocenters. The molecule has 1 aliphatic heterocycles. The Kier molecular flexibility index (Phi) is 4.16. The topological polar surface area (TPSA) is 18.5 Å². The van der Waals surface area contributed by atoms with E-state index in [1.54, 1.807) is 12.1 Å². The number of hydrogen-bond donors (Lipinski definition) is 0. The van der Waals surface area contributed by atoms with Crippen LogP contribution < -0.4 is 0 Å². The fourth-order valence-corrected chi connectivity index (χ4v) is 1.82. The molecule has 0 radical (unpaired) electrons. The predicted octanol–water partition coefficient (Wildman–Crippen LogP) is 3.52. The van der Waals surface area contributed by atoms with E-state index >= 15 is 0 Å². The lowest BCUT2D eigenvalue weighted by molar-refractivity contribution is -0.169. The summed E-state index contributed by atoms with van der Waals surface area (Å²) in [6.07, 6.45) is 2.88. The van der Waals surface area contributed by atoms with Crippen LogP contribution in [0.3, 0.4) is 0 Å². The van der Waals surface area contributed by atoms with Gasteiger partial charge >= 0.3 is 0 Å². The van der Waals surface area contributed by atoms with Crippen LogP contribution in [0, 0.1) is 5.82 Å². The van der Waals surface area contributed by atoms with Gasteiger partial charge in [-0.1, -0.05) is 17.7 Å². The first kappa shape index (κ1) is 11.8. The molecule has 0 N–H and O–H groups in total. The molecule has 0 bridgehead atoms. The van der Waals surface area contributed by atoms with E-state index in [2.05, 4.69) is 0 Å². The summed E-state index contributed by atoms with van der Waals surface area (Å²) in [6, 6.07) is 4.59. The average molecular weight is 245 g/mol. The van der Waals surface area contributed by atoms with Gasteiger partial charge in [0.05, 0.1) is 6.61 Å². The monoisotopic (exact) mass is 244 g/mol. The molecular formula is C12H14ClFO2. The molecule has 0 spiro atoms. The minimum Gasteiger partial charge on any atom is -0.353 e. The first-order valence-corrected chi connectivity index (χ1v) is 5.80. The van der Waals surface area contributed by atoms with Crippen LogP contribution in [0.25, 0.3) is 0 Å². The van der Waals surface area contributed by atoms with Crippen LogP contribution >= 0.6 is 11.6 Å². The highest BCUT2D eigenvalue weighted by molar-refractivity contribution is 6.30. The van der Waals surface area contributed by atoms with Crippen LogP contribution in [0.4, 0.5) is 4.39 Å². The Balaban J connectivity index is 1.88. The molecule has 1 aliphatic rings. The highest BCUT2D eigenvalue weighted by atomic mass is 35.5. The number of hydrogen-bond acceptors (Lipinski definition) is 2. The van der Waals surface area contributed by atoms with E-state index in [1.165, 1.54) is 6.07 Å². The lowest BCUT2D eigenvalue weighted by atomic mass is 10.2. The van der Waals surface area contributed by atoms with Crippen molar-refractivity contribution < 1.29 is 13.9 Å². The molecule has 88 valence electrons. The number of rotatable bonds is 3. The van der Waals surface area contributed by atoms with Crippen LogP contribution in [0.2, 0.25) is 5.02 Å². The summed E-state index contributed by atoms with van der Waals surface area (Å²) in [4.78, 5) is 0. The van der Waals surface area contributed by atoms with E-state index < -0.39 is 0 Å². The van der Waals surface area contributed by atoms with E-state index in [9.17, 15) is 4.39 Å². The molecule has 0 saturated carbocycles. The zero-order valence-corrected chi connectivity index (χ0v) is 9.67. The Morgan fingerprint density at radius 3 is 3.00 bits per heavy atom. The van der Waals surface area contributed by atoms with E-state index in [-0.39, 0.29) is 18.7 Å². The van der Waals surface area contributed by atoms with Gasteiger partial charge in [0.25, 0.3) is 0 Å². The van der Waals surface area contributed by atoms with E-state index in [1.807, 2.05) is 0 Å². The zero-order chi connectivity index (χ0) is 11.4.